The molecule has 1 aromatic carbocycles. The van der Waals surface area contributed by atoms with E-state index in [2.05, 4.69) is 5.32 Å². The molecule has 0 aliphatic carbocycles. The van der Waals surface area contributed by atoms with Gasteiger partial charge in [-0.2, -0.15) is 0 Å². The van der Waals surface area contributed by atoms with Crippen molar-refractivity contribution in [1.29, 1.82) is 0 Å². The van der Waals surface area contributed by atoms with E-state index in [1.165, 1.54) is 4.90 Å². The van der Waals surface area contributed by atoms with Crippen molar-refractivity contribution < 1.29 is 24.0 Å². The van der Waals surface area contributed by atoms with Gasteiger partial charge in [0.2, 0.25) is 5.91 Å². The predicted molar refractivity (Wildman–Crippen MR) is 91.2 cm³/mol. The van der Waals surface area contributed by atoms with Gasteiger partial charge in [-0.3, -0.25) is 9.59 Å². The summed E-state index contributed by atoms with van der Waals surface area (Å²) >= 11 is 0. The fourth-order valence-corrected chi connectivity index (χ4v) is 3.09. The maximum atomic E-state index is 12.2. The molecule has 1 aliphatic rings. The van der Waals surface area contributed by atoms with Crippen molar-refractivity contribution in [3.63, 3.8) is 0 Å². The first-order valence-electron chi connectivity index (χ1n) is 8.57. The summed E-state index contributed by atoms with van der Waals surface area (Å²) in [6.45, 7) is 4.72. The van der Waals surface area contributed by atoms with Crippen molar-refractivity contribution >= 4 is 17.6 Å². The summed E-state index contributed by atoms with van der Waals surface area (Å²) in [4.78, 5) is 25.3. The molecule has 2 rings (SSSR count). The highest BCUT2D eigenvalue weighted by Crippen LogP contribution is 2.22. The second-order valence-electron chi connectivity index (χ2n) is 6.04. The molecular weight excluding hydrogens is 308 g/mol. The number of carbonyl (C=O) groups is 2. The number of hydrogen-bond donors (Lipinski definition) is 2. The lowest BCUT2D eigenvalue weighted by Crippen LogP contribution is -3.13. The first-order chi connectivity index (χ1) is 11.6. The average molecular weight is 335 g/mol. The maximum absolute atomic E-state index is 12.2. The van der Waals surface area contributed by atoms with Gasteiger partial charge in [0.05, 0.1) is 45.5 Å². The lowest BCUT2D eigenvalue weighted by atomic mass is 9.98. The Labute approximate surface area is 143 Å². The number of rotatable bonds is 7. The van der Waals surface area contributed by atoms with Crippen molar-refractivity contribution in [1.82, 2.24) is 0 Å². The third kappa shape index (κ3) is 5.23. The second kappa shape index (κ2) is 9.27. The van der Waals surface area contributed by atoms with Crippen LogP contribution in [0.25, 0.3) is 0 Å². The molecular formula is C18H27N2O4+. The topological polar surface area (TPSA) is 69.1 Å². The van der Waals surface area contributed by atoms with Gasteiger partial charge >= 0.3 is 5.97 Å². The minimum Gasteiger partial charge on any atom is -0.495 e. The van der Waals surface area contributed by atoms with Gasteiger partial charge in [-0.25, -0.2) is 0 Å². The summed E-state index contributed by atoms with van der Waals surface area (Å²) in [7, 11) is 1.58. The molecule has 0 radical (unpaired) electrons. The maximum Gasteiger partial charge on any atom is 0.314 e. The number of esters is 1. The molecule has 1 fully saturated rings. The number of quaternary nitrogens is 1. The van der Waals surface area contributed by atoms with Crippen molar-refractivity contribution in [2.75, 3.05) is 38.7 Å². The Hall–Kier alpha value is -2.08. The molecule has 0 spiro atoms. The molecule has 6 heteroatoms. The molecule has 1 amide bonds. The molecule has 1 aliphatic heterocycles. The molecule has 2 N–H and O–H groups in total. The van der Waals surface area contributed by atoms with Gasteiger partial charge in [-0.05, 0) is 31.9 Å². The third-order valence-corrected chi connectivity index (χ3v) is 4.32. The molecule has 1 heterocycles. The van der Waals surface area contributed by atoms with Crippen LogP contribution in [0.2, 0.25) is 0 Å². The standard InChI is InChI=1S/C18H26N2O4/c1-3-24-18(22)14-7-6-11-20(13-14)12-10-17(21)19-15-8-4-5-9-16(15)23-2/h4-5,8-9,14H,3,6-7,10-13H2,1-2H3,(H,19,21)/p+1/t14-/m1/s1. The number of likely N-dealkylation sites (tertiary alicyclic amines) is 1. The summed E-state index contributed by atoms with van der Waals surface area (Å²) in [5, 5.41) is 2.89. The van der Waals surface area contributed by atoms with Crippen LogP contribution in [0.5, 0.6) is 5.75 Å². The lowest BCUT2D eigenvalue weighted by Gasteiger charge is -2.28. The Morgan fingerprint density at radius 3 is 2.88 bits per heavy atom. The Morgan fingerprint density at radius 2 is 2.12 bits per heavy atom. The van der Waals surface area contributed by atoms with E-state index in [1.54, 1.807) is 7.11 Å². The summed E-state index contributed by atoms with van der Waals surface area (Å²) in [5.41, 5.74) is 0.683. The molecule has 0 bridgehead atoms. The molecule has 24 heavy (non-hydrogen) atoms. The van der Waals surface area contributed by atoms with Gasteiger partial charge in [0, 0.05) is 0 Å². The molecule has 6 nitrogen and oxygen atoms in total. The van der Waals surface area contributed by atoms with E-state index >= 15 is 0 Å². The van der Waals surface area contributed by atoms with Crippen LogP contribution in [0.4, 0.5) is 5.69 Å². The summed E-state index contributed by atoms with van der Waals surface area (Å²) in [6, 6.07) is 7.36. The Kier molecular flexibility index (Phi) is 7.06. The number of benzene rings is 1. The number of amides is 1. The predicted octanol–water partition coefficient (Wildman–Crippen LogP) is 0.882. The van der Waals surface area contributed by atoms with E-state index < -0.39 is 0 Å². The van der Waals surface area contributed by atoms with Gasteiger partial charge in [-0.15, -0.1) is 0 Å². The summed E-state index contributed by atoms with van der Waals surface area (Å²) in [5.74, 6) is 0.475. The number of piperidine rings is 1. The highest BCUT2D eigenvalue weighted by atomic mass is 16.5. The normalized spacial score (nSPS) is 20.2. The van der Waals surface area contributed by atoms with Gasteiger partial charge < -0.3 is 19.7 Å². The molecule has 1 unspecified atom stereocenters. The first kappa shape index (κ1) is 18.3. The van der Waals surface area contributed by atoms with Crippen molar-refractivity contribution in [3.05, 3.63) is 24.3 Å². The molecule has 132 valence electrons. The van der Waals surface area contributed by atoms with E-state index in [0.717, 1.165) is 32.5 Å². The smallest absolute Gasteiger partial charge is 0.314 e. The zero-order valence-electron chi connectivity index (χ0n) is 14.5. The fourth-order valence-electron chi connectivity index (χ4n) is 3.09. The number of carbonyl (C=O) groups excluding carboxylic acids is 2. The fraction of sp³-hybridized carbons (Fsp3) is 0.556. The average Bonchev–Trinajstić information content (AvgIpc) is 2.61. The van der Waals surface area contributed by atoms with Gasteiger partial charge in [0.25, 0.3) is 0 Å². The van der Waals surface area contributed by atoms with Crippen LogP contribution in [0.15, 0.2) is 24.3 Å². The van der Waals surface area contributed by atoms with Gasteiger partial charge in [0.1, 0.15) is 11.7 Å². The molecule has 0 aromatic heterocycles. The number of hydrogen-bond acceptors (Lipinski definition) is 4. The van der Waals surface area contributed by atoms with Crippen LogP contribution >= 0.6 is 0 Å². The summed E-state index contributed by atoms with van der Waals surface area (Å²) < 4.78 is 10.3. The Bertz CT molecular complexity index is 562. The van der Waals surface area contributed by atoms with Crippen molar-refractivity contribution in [2.24, 2.45) is 5.92 Å². The SMILES string of the molecule is CCOC(=O)[C@@H]1CCC[NH+](CCC(=O)Nc2ccccc2OC)C1. The summed E-state index contributed by atoms with van der Waals surface area (Å²) in [6.07, 6.45) is 2.30. The lowest BCUT2D eigenvalue weighted by molar-refractivity contribution is -0.906. The molecule has 1 aromatic rings. The van der Waals surface area contributed by atoms with Gasteiger partial charge in [0.15, 0.2) is 0 Å². The molecule has 1 saturated heterocycles. The van der Waals surface area contributed by atoms with Crippen LogP contribution in [-0.2, 0) is 14.3 Å². The highest BCUT2D eigenvalue weighted by molar-refractivity contribution is 5.92. The zero-order chi connectivity index (χ0) is 17.4. The van der Waals surface area contributed by atoms with E-state index in [1.807, 2.05) is 31.2 Å². The monoisotopic (exact) mass is 335 g/mol. The van der Waals surface area contributed by atoms with Crippen LogP contribution in [0, 0.1) is 5.92 Å². The number of ether oxygens (including phenoxy) is 2. The van der Waals surface area contributed by atoms with E-state index in [9.17, 15) is 9.59 Å². The van der Waals surface area contributed by atoms with E-state index in [-0.39, 0.29) is 17.8 Å². The third-order valence-electron chi connectivity index (χ3n) is 4.32. The molecule has 2 atom stereocenters. The number of para-hydroxylation sites is 2. The van der Waals surface area contributed by atoms with Crippen LogP contribution in [0.1, 0.15) is 26.2 Å². The number of nitrogens with one attached hydrogen (secondary N) is 2. The zero-order valence-corrected chi connectivity index (χ0v) is 14.5. The number of anilines is 1. The second-order valence-corrected chi connectivity index (χ2v) is 6.04. The first-order valence-corrected chi connectivity index (χ1v) is 8.57. The largest absolute Gasteiger partial charge is 0.495 e. The van der Waals surface area contributed by atoms with E-state index in [0.29, 0.717) is 24.5 Å². The highest BCUT2D eigenvalue weighted by Gasteiger charge is 2.29. The van der Waals surface area contributed by atoms with Crippen molar-refractivity contribution in [2.45, 2.75) is 26.2 Å². The van der Waals surface area contributed by atoms with Crippen LogP contribution in [-0.4, -0.2) is 45.2 Å². The van der Waals surface area contributed by atoms with E-state index in [4.69, 9.17) is 9.47 Å². The quantitative estimate of drug-likeness (QED) is 0.726. The van der Waals surface area contributed by atoms with Crippen LogP contribution in [0.3, 0.4) is 0 Å². The Balaban J connectivity index is 1.80. The number of methoxy groups -OCH3 is 1. The minimum atomic E-state index is -0.104. The Morgan fingerprint density at radius 1 is 1.33 bits per heavy atom. The van der Waals surface area contributed by atoms with Gasteiger partial charge in [-0.1, -0.05) is 12.1 Å². The minimum absolute atomic E-state index is 0.0361. The molecule has 0 saturated carbocycles. The van der Waals surface area contributed by atoms with Crippen LogP contribution < -0.4 is 15.0 Å². The van der Waals surface area contributed by atoms with Crippen molar-refractivity contribution in [3.8, 4) is 5.75 Å².